The Bertz CT molecular complexity index is 1630. The molecule has 3 nitrogen and oxygen atoms in total. The summed E-state index contributed by atoms with van der Waals surface area (Å²) in [5, 5.41) is 6.49. The third-order valence-corrected chi connectivity index (χ3v) is 7.98. The fraction of sp³-hybridized carbons (Fsp3) is 0.206. The van der Waals surface area contributed by atoms with Gasteiger partial charge in [0.15, 0.2) is 11.4 Å². The van der Waals surface area contributed by atoms with E-state index in [9.17, 15) is 4.79 Å². The van der Waals surface area contributed by atoms with Crippen LogP contribution >= 0.6 is 11.6 Å². The number of ether oxygens (including phenoxy) is 1. The quantitative estimate of drug-likeness (QED) is 0.435. The van der Waals surface area contributed by atoms with Crippen molar-refractivity contribution in [1.82, 2.24) is 5.32 Å². The van der Waals surface area contributed by atoms with E-state index in [0.29, 0.717) is 17.2 Å². The molecule has 3 aromatic carbocycles. The van der Waals surface area contributed by atoms with E-state index < -0.39 is 5.60 Å². The van der Waals surface area contributed by atoms with Crippen LogP contribution in [0.25, 0.3) is 23.3 Å². The molecule has 0 amide bonds. The molecule has 1 N–H and O–H groups in total. The zero-order valence-corrected chi connectivity index (χ0v) is 22.3. The molecule has 0 fully saturated rings. The molecule has 2 unspecified atom stereocenters. The molecule has 0 spiro atoms. The highest BCUT2D eigenvalue weighted by molar-refractivity contribution is 6.30. The van der Waals surface area contributed by atoms with E-state index >= 15 is 0 Å². The van der Waals surface area contributed by atoms with Crippen LogP contribution in [-0.2, 0) is 11.2 Å². The number of carbonyl (C=O) groups is 1. The zero-order valence-electron chi connectivity index (χ0n) is 21.6. The van der Waals surface area contributed by atoms with Gasteiger partial charge in [-0.05, 0) is 95.8 Å². The molecule has 1 heterocycles. The van der Waals surface area contributed by atoms with Crippen molar-refractivity contribution in [2.24, 2.45) is 5.92 Å². The monoisotopic (exact) mass is 519 g/mol. The van der Waals surface area contributed by atoms with Crippen LogP contribution in [0.15, 0.2) is 96.9 Å². The van der Waals surface area contributed by atoms with Crippen LogP contribution < -0.4 is 20.5 Å². The molecule has 0 aromatic heterocycles. The minimum absolute atomic E-state index is 0.0542. The second kappa shape index (κ2) is 9.81. The normalized spacial score (nSPS) is 19.4. The van der Waals surface area contributed by atoms with Crippen LogP contribution in [0.2, 0.25) is 5.02 Å². The lowest BCUT2D eigenvalue weighted by Crippen LogP contribution is -2.46. The maximum atomic E-state index is 14.1. The zero-order chi connectivity index (χ0) is 26.3. The van der Waals surface area contributed by atoms with Crippen LogP contribution in [0, 0.1) is 5.92 Å². The van der Waals surface area contributed by atoms with Gasteiger partial charge in [-0.2, -0.15) is 0 Å². The van der Waals surface area contributed by atoms with Crippen molar-refractivity contribution in [3.05, 3.63) is 123 Å². The molecule has 0 saturated carbocycles. The Labute approximate surface area is 228 Å². The Balaban J connectivity index is 1.46. The molecule has 1 aliphatic heterocycles. The second-order valence-corrected chi connectivity index (χ2v) is 11.0. The van der Waals surface area contributed by atoms with Crippen LogP contribution in [0.1, 0.15) is 37.3 Å². The Kier molecular flexibility index (Phi) is 6.33. The minimum atomic E-state index is -1.01. The van der Waals surface area contributed by atoms with Gasteiger partial charge >= 0.3 is 0 Å². The number of halogens is 1. The summed E-state index contributed by atoms with van der Waals surface area (Å²) >= 11 is 6.05. The Morgan fingerprint density at radius 3 is 2.61 bits per heavy atom. The third-order valence-electron chi connectivity index (χ3n) is 7.72. The molecule has 0 saturated heterocycles. The summed E-state index contributed by atoms with van der Waals surface area (Å²) < 4.78 is 6.23. The first-order valence-electron chi connectivity index (χ1n) is 13.1. The first-order valence-corrected chi connectivity index (χ1v) is 13.5. The molecular weight excluding hydrogens is 490 g/mol. The van der Waals surface area contributed by atoms with E-state index in [-0.39, 0.29) is 17.6 Å². The molecule has 4 heteroatoms. The van der Waals surface area contributed by atoms with Gasteiger partial charge in [0, 0.05) is 28.8 Å². The van der Waals surface area contributed by atoms with E-state index in [1.165, 1.54) is 27.5 Å². The highest BCUT2D eigenvalue weighted by Crippen LogP contribution is 2.36. The standard InChI is InChI=1S/C34H30ClNO2/c1-34(2,38-25-14-12-24(35)13-15-25)33(37)23-20-30-28-16-11-22-8-5-6-9-26(22)27(28)17-18-29(30)31(21-23)32-10-4-3-7-19-36-32/h3-10,12-20,23,31,36H,11,21H2,1-2H3. The Morgan fingerprint density at radius 2 is 1.76 bits per heavy atom. The number of hydrogen-bond donors (Lipinski definition) is 1. The summed E-state index contributed by atoms with van der Waals surface area (Å²) in [5.41, 5.74) is 5.17. The maximum absolute atomic E-state index is 14.1. The van der Waals surface area contributed by atoms with Crippen LogP contribution in [0.4, 0.5) is 0 Å². The van der Waals surface area contributed by atoms with Crippen molar-refractivity contribution in [3.8, 4) is 16.9 Å². The van der Waals surface area contributed by atoms with Gasteiger partial charge < -0.3 is 10.1 Å². The van der Waals surface area contributed by atoms with Crippen molar-refractivity contribution in [2.75, 3.05) is 0 Å². The highest BCUT2D eigenvalue weighted by atomic mass is 35.5. The van der Waals surface area contributed by atoms with E-state index in [1.54, 1.807) is 12.1 Å². The molecule has 3 aromatic rings. The summed E-state index contributed by atoms with van der Waals surface area (Å²) in [5.74, 6) is 0.452. The van der Waals surface area contributed by atoms with Crippen LogP contribution in [0.5, 0.6) is 5.75 Å². The average Bonchev–Trinajstić information content (AvgIpc) is 3.22. The van der Waals surface area contributed by atoms with Gasteiger partial charge in [-0.3, -0.25) is 4.79 Å². The van der Waals surface area contributed by atoms with E-state index in [1.807, 2.05) is 44.3 Å². The van der Waals surface area contributed by atoms with Gasteiger partial charge in [0.25, 0.3) is 0 Å². The van der Waals surface area contributed by atoms with Gasteiger partial charge in [-0.25, -0.2) is 0 Å². The average molecular weight is 520 g/mol. The molecule has 190 valence electrons. The Morgan fingerprint density at radius 1 is 0.947 bits per heavy atom. The summed E-state index contributed by atoms with van der Waals surface area (Å²) in [4.78, 5) is 14.1. The van der Waals surface area contributed by atoms with Gasteiger partial charge in [-0.15, -0.1) is 0 Å². The van der Waals surface area contributed by atoms with Crippen molar-refractivity contribution in [1.29, 1.82) is 0 Å². The van der Waals surface area contributed by atoms with E-state index in [2.05, 4.69) is 66.0 Å². The van der Waals surface area contributed by atoms with Crippen molar-refractivity contribution in [3.63, 3.8) is 0 Å². The lowest BCUT2D eigenvalue weighted by atomic mass is 9.74. The first-order chi connectivity index (χ1) is 18.4. The molecule has 38 heavy (non-hydrogen) atoms. The summed E-state index contributed by atoms with van der Waals surface area (Å²) in [7, 11) is 0. The Hall–Kier alpha value is -3.82. The lowest BCUT2D eigenvalue weighted by molar-refractivity contribution is -0.134. The first kappa shape index (κ1) is 24.5. The second-order valence-electron chi connectivity index (χ2n) is 10.6. The molecule has 2 atom stereocenters. The molecule has 0 radical (unpaired) electrons. The van der Waals surface area contributed by atoms with Crippen LogP contribution in [0.3, 0.4) is 0 Å². The van der Waals surface area contributed by atoms with Crippen molar-refractivity contribution in [2.45, 2.75) is 38.2 Å². The number of ketones is 1. The number of benzene rings is 3. The smallest absolute Gasteiger partial charge is 0.182 e. The number of nitrogens with one attached hydrogen (secondary N) is 1. The molecule has 3 aliphatic rings. The molecule has 0 bridgehead atoms. The van der Waals surface area contributed by atoms with Gasteiger partial charge in [0.2, 0.25) is 0 Å². The molecular formula is C34H30ClNO2. The van der Waals surface area contributed by atoms with E-state index in [0.717, 1.165) is 17.3 Å². The highest BCUT2D eigenvalue weighted by Gasteiger charge is 2.39. The van der Waals surface area contributed by atoms with Gasteiger partial charge in [0.05, 0.1) is 0 Å². The van der Waals surface area contributed by atoms with Gasteiger partial charge in [0.1, 0.15) is 5.75 Å². The summed E-state index contributed by atoms with van der Waals surface area (Å²) in [6.07, 6.45) is 16.2. The van der Waals surface area contributed by atoms with E-state index in [4.69, 9.17) is 16.3 Å². The van der Waals surface area contributed by atoms with Crippen LogP contribution in [-0.4, -0.2) is 11.4 Å². The SMILES string of the molecule is CC(C)(Oc1ccc(Cl)cc1)C(=O)C1C=c2c(ccc3c2=CCc2ccccc2-3)C(C2=CC=CC=CN2)C1. The summed E-state index contributed by atoms with van der Waals surface area (Å²) in [6, 6.07) is 20.3. The van der Waals surface area contributed by atoms with Gasteiger partial charge in [-0.1, -0.05) is 72.3 Å². The number of carbonyl (C=O) groups excluding carboxylic acids is 1. The predicted octanol–water partition coefficient (Wildman–Crippen LogP) is 6.21. The fourth-order valence-electron chi connectivity index (χ4n) is 5.88. The largest absolute Gasteiger partial charge is 0.480 e. The molecule has 6 rings (SSSR count). The predicted molar refractivity (Wildman–Crippen MR) is 155 cm³/mol. The van der Waals surface area contributed by atoms with Crippen molar-refractivity contribution >= 4 is 29.5 Å². The maximum Gasteiger partial charge on any atom is 0.182 e. The lowest BCUT2D eigenvalue weighted by Gasteiger charge is -2.34. The topological polar surface area (TPSA) is 38.3 Å². The minimum Gasteiger partial charge on any atom is -0.480 e. The number of allylic oxidation sites excluding steroid dienone is 5. The summed E-state index contributed by atoms with van der Waals surface area (Å²) in [6.45, 7) is 3.72. The number of hydrogen-bond acceptors (Lipinski definition) is 3. The number of rotatable bonds is 5. The molecule has 2 aliphatic carbocycles. The van der Waals surface area contributed by atoms with Crippen molar-refractivity contribution < 1.29 is 9.53 Å². The number of Topliss-reactive ketones (excluding diaryl/α,β-unsaturated/α-hetero) is 1. The fourth-order valence-corrected chi connectivity index (χ4v) is 6.01. The number of fused-ring (bicyclic) bond motifs is 5. The third kappa shape index (κ3) is 4.52.